The smallest absolute Gasteiger partial charge is 0.0409 e. The quantitative estimate of drug-likeness (QED) is 0.850. The minimum atomic E-state index is 0.308. The summed E-state index contributed by atoms with van der Waals surface area (Å²) in [6.45, 7) is 3.04. The van der Waals surface area contributed by atoms with Gasteiger partial charge in [-0.05, 0) is 49.4 Å². The molecule has 19 heavy (non-hydrogen) atoms. The van der Waals surface area contributed by atoms with Gasteiger partial charge in [0.25, 0.3) is 0 Å². The van der Waals surface area contributed by atoms with Gasteiger partial charge >= 0.3 is 0 Å². The van der Waals surface area contributed by atoms with E-state index in [-0.39, 0.29) is 0 Å². The fraction of sp³-hybridized carbons (Fsp3) is 0.250. The van der Waals surface area contributed by atoms with Crippen LogP contribution in [0.1, 0.15) is 24.1 Å². The molecule has 0 amide bonds. The van der Waals surface area contributed by atoms with Crippen molar-refractivity contribution in [3.05, 3.63) is 64.7 Å². The van der Waals surface area contributed by atoms with Crippen molar-refractivity contribution < 1.29 is 0 Å². The number of rotatable bonds is 4. The van der Waals surface area contributed by atoms with Crippen LogP contribution in [0, 0.1) is 0 Å². The van der Waals surface area contributed by atoms with Gasteiger partial charge in [-0.25, -0.2) is 0 Å². The first kappa shape index (κ1) is 13.9. The molecule has 0 saturated heterocycles. The third-order valence-electron chi connectivity index (χ3n) is 3.38. The van der Waals surface area contributed by atoms with Crippen LogP contribution in [0.3, 0.4) is 0 Å². The molecule has 0 spiro atoms. The second kappa shape index (κ2) is 6.09. The van der Waals surface area contributed by atoms with Crippen LogP contribution in [0.25, 0.3) is 0 Å². The standard InChI is InChI=1S/C16H19ClN2/c1-12(14-6-4-8-16(18)10-14)19(2)11-13-5-3-7-15(17)9-13/h3-10,12H,11,18H2,1-2H3. The maximum absolute atomic E-state index is 6.01. The number of nitrogen functional groups attached to an aromatic ring is 1. The molecule has 2 nitrogen and oxygen atoms in total. The predicted octanol–water partition coefficient (Wildman–Crippen LogP) is 4.12. The maximum Gasteiger partial charge on any atom is 0.0409 e. The third-order valence-corrected chi connectivity index (χ3v) is 3.61. The monoisotopic (exact) mass is 274 g/mol. The van der Waals surface area contributed by atoms with E-state index in [9.17, 15) is 0 Å². The van der Waals surface area contributed by atoms with E-state index in [1.165, 1.54) is 11.1 Å². The predicted molar refractivity (Wildman–Crippen MR) is 82.2 cm³/mol. The molecule has 0 radical (unpaired) electrons. The van der Waals surface area contributed by atoms with Gasteiger partial charge in [0.15, 0.2) is 0 Å². The fourth-order valence-electron chi connectivity index (χ4n) is 2.13. The average Bonchev–Trinajstić information content (AvgIpc) is 2.38. The highest BCUT2D eigenvalue weighted by atomic mass is 35.5. The molecule has 0 bridgehead atoms. The van der Waals surface area contributed by atoms with E-state index in [4.69, 9.17) is 17.3 Å². The van der Waals surface area contributed by atoms with Gasteiger partial charge in [-0.15, -0.1) is 0 Å². The Hall–Kier alpha value is -1.51. The van der Waals surface area contributed by atoms with Crippen molar-refractivity contribution in [2.24, 2.45) is 0 Å². The van der Waals surface area contributed by atoms with Crippen LogP contribution in [-0.2, 0) is 6.54 Å². The molecule has 0 aliphatic heterocycles. The fourth-order valence-corrected chi connectivity index (χ4v) is 2.35. The number of anilines is 1. The third kappa shape index (κ3) is 3.72. The molecule has 100 valence electrons. The zero-order valence-electron chi connectivity index (χ0n) is 11.3. The van der Waals surface area contributed by atoms with E-state index >= 15 is 0 Å². The molecule has 3 heteroatoms. The van der Waals surface area contributed by atoms with Crippen molar-refractivity contribution in [2.75, 3.05) is 12.8 Å². The second-order valence-electron chi connectivity index (χ2n) is 4.89. The lowest BCUT2D eigenvalue weighted by atomic mass is 10.1. The summed E-state index contributed by atoms with van der Waals surface area (Å²) in [5, 5.41) is 0.780. The number of nitrogens with zero attached hydrogens (tertiary/aromatic N) is 1. The molecular formula is C16H19ClN2. The molecule has 1 unspecified atom stereocenters. The van der Waals surface area contributed by atoms with Gasteiger partial charge in [0, 0.05) is 23.3 Å². The lowest BCUT2D eigenvalue weighted by molar-refractivity contribution is 0.253. The van der Waals surface area contributed by atoms with E-state index < -0.39 is 0 Å². The van der Waals surface area contributed by atoms with Gasteiger partial charge in [-0.1, -0.05) is 35.9 Å². The summed E-state index contributed by atoms with van der Waals surface area (Å²) in [6, 6.07) is 16.3. The molecule has 2 N–H and O–H groups in total. The highest BCUT2D eigenvalue weighted by Crippen LogP contribution is 2.23. The summed E-state index contributed by atoms with van der Waals surface area (Å²) in [6.07, 6.45) is 0. The molecule has 1 atom stereocenters. The summed E-state index contributed by atoms with van der Waals surface area (Å²) in [7, 11) is 2.11. The molecule has 0 saturated carbocycles. The van der Waals surface area contributed by atoms with Gasteiger partial charge in [-0.3, -0.25) is 4.90 Å². The Morgan fingerprint density at radius 1 is 1.16 bits per heavy atom. The van der Waals surface area contributed by atoms with Crippen LogP contribution in [-0.4, -0.2) is 11.9 Å². The minimum absolute atomic E-state index is 0.308. The first-order valence-electron chi connectivity index (χ1n) is 6.36. The summed E-state index contributed by atoms with van der Waals surface area (Å²) < 4.78 is 0. The van der Waals surface area contributed by atoms with Crippen LogP contribution in [0.15, 0.2) is 48.5 Å². The Morgan fingerprint density at radius 3 is 2.58 bits per heavy atom. The summed E-state index contributed by atoms with van der Waals surface area (Å²) in [5.41, 5.74) is 9.08. The van der Waals surface area contributed by atoms with Crippen LogP contribution < -0.4 is 5.73 Å². The Bertz CT molecular complexity index is 554. The van der Waals surface area contributed by atoms with E-state index in [1.807, 2.05) is 36.4 Å². The van der Waals surface area contributed by atoms with Crippen molar-refractivity contribution in [1.29, 1.82) is 0 Å². The normalized spacial score (nSPS) is 12.6. The van der Waals surface area contributed by atoms with E-state index in [2.05, 4.69) is 31.0 Å². The van der Waals surface area contributed by atoms with Gasteiger partial charge in [0.1, 0.15) is 0 Å². The van der Waals surface area contributed by atoms with Gasteiger partial charge in [0.05, 0.1) is 0 Å². The molecule has 0 heterocycles. The molecule has 2 aromatic carbocycles. The van der Waals surface area contributed by atoms with Gasteiger partial charge in [0.2, 0.25) is 0 Å². The van der Waals surface area contributed by atoms with Crippen LogP contribution in [0.5, 0.6) is 0 Å². The van der Waals surface area contributed by atoms with Crippen molar-refractivity contribution in [2.45, 2.75) is 19.5 Å². The first-order chi connectivity index (χ1) is 9.06. The number of hydrogen-bond acceptors (Lipinski definition) is 2. The maximum atomic E-state index is 6.01. The van der Waals surface area contributed by atoms with Crippen LogP contribution in [0.4, 0.5) is 5.69 Å². The van der Waals surface area contributed by atoms with E-state index in [0.29, 0.717) is 6.04 Å². The molecule has 0 aliphatic rings. The Morgan fingerprint density at radius 2 is 1.89 bits per heavy atom. The summed E-state index contributed by atoms with van der Waals surface area (Å²) >= 11 is 6.01. The summed E-state index contributed by atoms with van der Waals surface area (Å²) in [4.78, 5) is 2.28. The number of hydrogen-bond donors (Lipinski definition) is 1. The minimum Gasteiger partial charge on any atom is -0.399 e. The van der Waals surface area contributed by atoms with Crippen molar-refractivity contribution in [3.8, 4) is 0 Å². The number of halogens is 1. The summed E-state index contributed by atoms with van der Waals surface area (Å²) in [5.74, 6) is 0. The molecule has 0 fully saturated rings. The van der Waals surface area contributed by atoms with Crippen molar-refractivity contribution >= 4 is 17.3 Å². The number of nitrogens with two attached hydrogens (primary N) is 1. The Balaban J connectivity index is 2.09. The lowest BCUT2D eigenvalue weighted by Gasteiger charge is -2.25. The molecule has 2 rings (SSSR count). The largest absolute Gasteiger partial charge is 0.399 e. The van der Waals surface area contributed by atoms with Crippen molar-refractivity contribution in [1.82, 2.24) is 4.90 Å². The topological polar surface area (TPSA) is 29.3 Å². The first-order valence-corrected chi connectivity index (χ1v) is 6.74. The Kier molecular flexibility index (Phi) is 4.46. The second-order valence-corrected chi connectivity index (χ2v) is 5.33. The molecular weight excluding hydrogens is 256 g/mol. The van der Waals surface area contributed by atoms with E-state index in [0.717, 1.165) is 17.3 Å². The van der Waals surface area contributed by atoms with E-state index in [1.54, 1.807) is 0 Å². The lowest BCUT2D eigenvalue weighted by Crippen LogP contribution is -2.22. The SMILES string of the molecule is CC(c1cccc(N)c1)N(C)Cc1cccc(Cl)c1. The highest BCUT2D eigenvalue weighted by Gasteiger charge is 2.12. The molecule has 2 aromatic rings. The zero-order valence-corrected chi connectivity index (χ0v) is 12.1. The van der Waals surface area contributed by atoms with Gasteiger partial charge < -0.3 is 5.73 Å². The van der Waals surface area contributed by atoms with Crippen LogP contribution >= 0.6 is 11.6 Å². The average molecular weight is 275 g/mol. The molecule has 0 aliphatic carbocycles. The molecule has 0 aromatic heterocycles. The highest BCUT2D eigenvalue weighted by molar-refractivity contribution is 6.30. The Labute approximate surface area is 119 Å². The van der Waals surface area contributed by atoms with Crippen LogP contribution in [0.2, 0.25) is 5.02 Å². The zero-order chi connectivity index (χ0) is 13.8. The van der Waals surface area contributed by atoms with Crippen molar-refractivity contribution in [3.63, 3.8) is 0 Å². The van der Waals surface area contributed by atoms with Gasteiger partial charge in [-0.2, -0.15) is 0 Å². The number of benzene rings is 2.